The van der Waals surface area contributed by atoms with E-state index in [1.807, 2.05) is 25.1 Å². The Morgan fingerprint density at radius 2 is 1.92 bits per heavy atom. The molecule has 2 atom stereocenters. The topological polar surface area (TPSA) is 46.2 Å². The van der Waals surface area contributed by atoms with E-state index in [9.17, 15) is 0 Å². The smallest absolute Gasteiger partial charge is 0.0437 e. The lowest BCUT2D eigenvalue weighted by molar-refractivity contribution is 0.269. The third kappa shape index (κ3) is 2.83. The normalized spacial score (nSPS) is 15.3. The highest BCUT2D eigenvalue weighted by molar-refractivity contribution is 5.20. The Morgan fingerprint density at radius 1 is 1.31 bits per heavy atom. The molecule has 0 saturated heterocycles. The minimum absolute atomic E-state index is 0.0922. The Bertz CT molecular complexity index is 233. The van der Waals surface area contributed by atoms with Crippen LogP contribution in [0.3, 0.4) is 0 Å². The summed E-state index contributed by atoms with van der Waals surface area (Å²) in [6.45, 7) is 2.18. The number of aliphatic hydroxyl groups is 1. The molecule has 2 nitrogen and oxygen atoms in total. The Morgan fingerprint density at radius 3 is 2.38 bits per heavy atom. The van der Waals surface area contributed by atoms with Crippen LogP contribution in [-0.4, -0.2) is 17.8 Å². The van der Waals surface area contributed by atoms with Crippen molar-refractivity contribution in [1.29, 1.82) is 0 Å². The van der Waals surface area contributed by atoms with Gasteiger partial charge in [-0.25, -0.2) is 0 Å². The Kier molecular flexibility index (Phi) is 3.93. The second-order valence-electron chi connectivity index (χ2n) is 3.39. The first-order valence-electron chi connectivity index (χ1n) is 4.67. The summed E-state index contributed by atoms with van der Waals surface area (Å²) in [5.41, 5.74) is 7.06. The molecule has 0 aliphatic heterocycles. The summed E-state index contributed by atoms with van der Waals surface area (Å²) >= 11 is 0. The van der Waals surface area contributed by atoms with E-state index in [1.54, 1.807) is 0 Å². The van der Waals surface area contributed by atoms with E-state index >= 15 is 0 Å². The van der Waals surface area contributed by atoms with Gasteiger partial charge in [0, 0.05) is 18.6 Å². The maximum absolute atomic E-state index is 8.89. The van der Waals surface area contributed by atoms with Crippen molar-refractivity contribution in [2.75, 3.05) is 6.61 Å². The Labute approximate surface area is 79.4 Å². The first-order chi connectivity index (χ1) is 6.25. The molecule has 0 saturated carbocycles. The first kappa shape index (κ1) is 10.2. The fourth-order valence-electron chi connectivity index (χ4n) is 1.57. The van der Waals surface area contributed by atoms with Crippen LogP contribution < -0.4 is 5.73 Å². The number of hydrogen-bond acceptors (Lipinski definition) is 2. The van der Waals surface area contributed by atoms with Gasteiger partial charge in [-0.05, 0) is 18.9 Å². The average Bonchev–Trinajstić information content (AvgIpc) is 2.15. The van der Waals surface area contributed by atoms with Gasteiger partial charge in [0.1, 0.15) is 0 Å². The van der Waals surface area contributed by atoms with Crippen LogP contribution in [0.4, 0.5) is 0 Å². The van der Waals surface area contributed by atoms with Gasteiger partial charge in [-0.2, -0.15) is 0 Å². The molecule has 1 aromatic carbocycles. The highest BCUT2D eigenvalue weighted by Gasteiger charge is 2.14. The average molecular weight is 179 g/mol. The molecule has 0 aliphatic carbocycles. The van der Waals surface area contributed by atoms with E-state index in [-0.39, 0.29) is 18.6 Å². The third-order valence-corrected chi connectivity index (χ3v) is 2.30. The van der Waals surface area contributed by atoms with Gasteiger partial charge in [-0.3, -0.25) is 0 Å². The largest absolute Gasteiger partial charge is 0.396 e. The molecule has 72 valence electrons. The van der Waals surface area contributed by atoms with Crippen LogP contribution in [0.15, 0.2) is 30.3 Å². The number of benzene rings is 1. The molecular formula is C11H17NO. The lowest BCUT2D eigenvalue weighted by atomic mass is 9.90. The summed E-state index contributed by atoms with van der Waals surface area (Å²) in [6.07, 6.45) is 0.738. The molecule has 1 aromatic rings. The predicted molar refractivity (Wildman–Crippen MR) is 54.5 cm³/mol. The van der Waals surface area contributed by atoms with E-state index in [0.29, 0.717) is 0 Å². The van der Waals surface area contributed by atoms with Gasteiger partial charge < -0.3 is 10.8 Å². The molecule has 0 spiro atoms. The summed E-state index contributed by atoms with van der Waals surface area (Å²) in [5, 5.41) is 8.89. The van der Waals surface area contributed by atoms with E-state index in [4.69, 9.17) is 10.8 Å². The van der Waals surface area contributed by atoms with E-state index in [1.165, 1.54) is 5.56 Å². The quantitative estimate of drug-likeness (QED) is 0.735. The lowest BCUT2D eigenvalue weighted by Crippen LogP contribution is -2.25. The van der Waals surface area contributed by atoms with E-state index in [2.05, 4.69) is 12.1 Å². The van der Waals surface area contributed by atoms with Gasteiger partial charge in [-0.1, -0.05) is 30.3 Å². The van der Waals surface area contributed by atoms with Crippen molar-refractivity contribution in [2.45, 2.75) is 25.3 Å². The molecular weight excluding hydrogens is 162 g/mol. The number of hydrogen-bond donors (Lipinski definition) is 2. The monoisotopic (exact) mass is 179 g/mol. The van der Waals surface area contributed by atoms with E-state index < -0.39 is 0 Å². The van der Waals surface area contributed by atoms with Gasteiger partial charge in [-0.15, -0.1) is 0 Å². The van der Waals surface area contributed by atoms with Gasteiger partial charge in [0.2, 0.25) is 0 Å². The minimum Gasteiger partial charge on any atom is -0.396 e. The van der Waals surface area contributed by atoms with Crippen LogP contribution in [0.5, 0.6) is 0 Å². The van der Waals surface area contributed by atoms with Crippen LogP contribution in [0.25, 0.3) is 0 Å². The number of rotatable bonds is 4. The maximum atomic E-state index is 8.89. The van der Waals surface area contributed by atoms with Gasteiger partial charge in [0.15, 0.2) is 0 Å². The first-order valence-corrected chi connectivity index (χ1v) is 4.67. The molecule has 0 aliphatic rings. The zero-order valence-electron chi connectivity index (χ0n) is 7.98. The summed E-state index contributed by atoms with van der Waals surface area (Å²) in [4.78, 5) is 0. The fourth-order valence-corrected chi connectivity index (χ4v) is 1.57. The SMILES string of the molecule is CC(N)C(CCO)c1ccccc1. The molecule has 2 heteroatoms. The highest BCUT2D eigenvalue weighted by atomic mass is 16.3. The highest BCUT2D eigenvalue weighted by Crippen LogP contribution is 2.21. The zero-order valence-corrected chi connectivity index (χ0v) is 7.98. The summed E-state index contributed by atoms with van der Waals surface area (Å²) in [7, 11) is 0. The van der Waals surface area contributed by atoms with Gasteiger partial charge in [0.25, 0.3) is 0 Å². The zero-order chi connectivity index (χ0) is 9.68. The number of aliphatic hydroxyl groups excluding tert-OH is 1. The van der Waals surface area contributed by atoms with Crippen molar-refractivity contribution < 1.29 is 5.11 Å². The second-order valence-corrected chi connectivity index (χ2v) is 3.39. The molecule has 0 heterocycles. The second kappa shape index (κ2) is 5.00. The van der Waals surface area contributed by atoms with Crippen LogP contribution >= 0.6 is 0 Å². The maximum Gasteiger partial charge on any atom is 0.0437 e. The summed E-state index contributed by atoms with van der Waals surface area (Å²) in [5.74, 6) is 0.270. The Balaban J connectivity index is 2.76. The molecule has 0 fully saturated rings. The molecule has 1 rings (SSSR count). The number of nitrogens with two attached hydrogens (primary N) is 1. The lowest BCUT2D eigenvalue weighted by Gasteiger charge is -2.19. The molecule has 0 bridgehead atoms. The van der Waals surface area contributed by atoms with Crippen LogP contribution in [-0.2, 0) is 0 Å². The molecule has 0 amide bonds. The third-order valence-electron chi connectivity index (χ3n) is 2.30. The van der Waals surface area contributed by atoms with Crippen LogP contribution in [0.2, 0.25) is 0 Å². The molecule has 13 heavy (non-hydrogen) atoms. The minimum atomic E-state index is 0.0922. The van der Waals surface area contributed by atoms with Crippen molar-refractivity contribution >= 4 is 0 Å². The summed E-state index contributed by atoms with van der Waals surface area (Å²) < 4.78 is 0. The van der Waals surface area contributed by atoms with Crippen molar-refractivity contribution in [3.8, 4) is 0 Å². The van der Waals surface area contributed by atoms with E-state index in [0.717, 1.165) is 6.42 Å². The molecule has 2 unspecified atom stereocenters. The standard InChI is InChI=1S/C11H17NO/c1-9(12)11(7-8-13)10-5-3-2-4-6-10/h2-6,9,11,13H,7-8,12H2,1H3. The van der Waals surface area contributed by atoms with Crippen LogP contribution in [0.1, 0.15) is 24.8 Å². The molecule has 3 N–H and O–H groups in total. The summed E-state index contributed by atoms with van der Waals surface area (Å²) in [6, 6.07) is 10.2. The molecule has 0 aromatic heterocycles. The van der Waals surface area contributed by atoms with Crippen molar-refractivity contribution in [2.24, 2.45) is 5.73 Å². The van der Waals surface area contributed by atoms with Gasteiger partial charge >= 0.3 is 0 Å². The predicted octanol–water partition coefficient (Wildman–Crippen LogP) is 1.50. The molecule has 0 radical (unpaired) electrons. The van der Waals surface area contributed by atoms with Crippen molar-refractivity contribution in [3.05, 3.63) is 35.9 Å². The van der Waals surface area contributed by atoms with Crippen LogP contribution in [0, 0.1) is 0 Å². The van der Waals surface area contributed by atoms with Gasteiger partial charge in [0.05, 0.1) is 0 Å². The van der Waals surface area contributed by atoms with Crippen molar-refractivity contribution in [1.82, 2.24) is 0 Å². The van der Waals surface area contributed by atoms with Crippen molar-refractivity contribution in [3.63, 3.8) is 0 Å². The fraction of sp³-hybridized carbons (Fsp3) is 0.455. The Hall–Kier alpha value is -0.860.